The van der Waals surface area contributed by atoms with Crippen LogP contribution in [0.15, 0.2) is 84.9 Å². The quantitative estimate of drug-likeness (QED) is 0.179. The van der Waals surface area contributed by atoms with E-state index in [1.54, 1.807) is 11.3 Å². The number of nitrogens with zero attached hydrogens (tertiary/aromatic N) is 4. The monoisotopic (exact) mass is 708 g/mol. The molecular weight excluding hydrogens is 665 g/mol. The van der Waals surface area contributed by atoms with Gasteiger partial charge in [-0.1, -0.05) is 66.7 Å². The molecule has 4 nitrogen and oxygen atoms in total. The van der Waals surface area contributed by atoms with Gasteiger partial charge in [-0.2, -0.15) is 5.26 Å². The summed E-state index contributed by atoms with van der Waals surface area (Å²) in [6, 6.07) is 33.6. The Kier molecular flexibility index (Phi) is 6.62. The van der Waals surface area contributed by atoms with E-state index in [4.69, 9.17) is 15.0 Å². The smallest absolute Gasteiger partial charge is 0.164 e. The number of fused-ring (bicyclic) bond motifs is 3. The van der Waals surface area contributed by atoms with Gasteiger partial charge in [-0.25, -0.2) is 15.0 Å². The van der Waals surface area contributed by atoms with Crippen molar-refractivity contribution in [3.8, 4) is 40.2 Å². The molecule has 14 rings (SSSR count). The summed E-state index contributed by atoms with van der Waals surface area (Å²) in [4.78, 5) is 15.6. The Balaban J connectivity index is 0.939. The van der Waals surface area contributed by atoms with Crippen LogP contribution < -0.4 is 0 Å². The first kappa shape index (κ1) is 31.0. The van der Waals surface area contributed by atoms with Crippen molar-refractivity contribution in [2.45, 2.75) is 87.9 Å². The molecule has 4 aromatic carbocycles. The standard InChI is InChI=1S/C48H44N4S/c49-27-28-1-11-40-41-12-6-37(20-43(41)53-42(40)19-28)46-51-44(35-2-7-38(8-3-35)47-21-29-13-30(22-47)15-31(14-29)23-47)50-45(52-46)36-4-9-39(10-5-36)48-24-32-16-33(25-48)18-34(17-32)26-48/h1-12,19-20,29-34H,13-18,21-26H2. The van der Waals surface area contributed by atoms with Crippen LogP contribution in [-0.2, 0) is 10.8 Å². The summed E-state index contributed by atoms with van der Waals surface area (Å²) in [6.07, 6.45) is 17.0. The highest BCUT2D eigenvalue weighted by molar-refractivity contribution is 7.25. The molecule has 0 N–H and O–H groups in total. The summed E-state index contributed by atoms with van der Waals surface area (Å²) in [5.74, 6) is 7.74. The van der Waals surface area contributed by atoms with Crippen molar-refractivity contribution in [1.82, 2.24) is 15.0 Å². The zero-order chi connectivity index (χ0) is 34.9. The molecule has 0 atom stereocenters. The fourth-order valence-electron chi connectivity index (χ4n) is 13.6. The van der Waals surface area contributed by atoms with Gasteiger partial charge in [0.25, 0.3) is 0 Å². The molecule has 0 aliphatic heterocycles. The molecule has 6 aromatic rings. The molecule has 5 heteroatoms. The molecule has 8 saturated carbocycles. The van der Waals surface area contributed by atoms with Crippen LogP contribution >= 0.6 is 11.3 Å². The Morgan fingerprint density at radius 3 is 1.28 bits per heavy atom. The van der Waals surface area contributed by atoms with E-state index < -0.39 is 0 Å². The first-order chi connectivity index (χ1) is 26.0. The van der Waals surface area contributed by atoms with Crippen LogP contribution in [0.4, 0.5) is 0 Å². The number of rotatable bonds is 5. The predicted octanol–water partition coefficient (Wildman–Crippen LogP) is 12.0. The molecule has 0 saturated heterocycles. The predicted molar refractivity (Wildman–Crippen MR) is 213 cm³/mol. The maximum Gasteiger partial charge on any atom is 0.164 e. The van der Waals surface area contributed by atoms with Crippen molar-refractivity contribution < 1.29 is 0 Å². The second kappa shape index (κ2) is 11.3. The molecule has 8 aliphatic carbocycles. The van der Waals surface area contributed by atoms with Crippen LogP contribution in [0, 0.1) is 46.8 Å². The van der Waals surface area contributed by atoms with Gasteiger partial charge in [0, 0.05) is 36.9 Å². The van der Waals surface area contributed by atoms with Gasteiger partial charge in [-0.15, -0.1) is 11.3 Å². The molecule has 2 aromatic heterocycles. The summed E-state index contributed by atoms with van der Waals surface area (Å²) >= 11 is 1.73. The SMILES string of the molecule is N#Cc1ccc2c(c1)sc1cc(-c3nc(-c4ccc(C56CC7CC(CC(C7)C5)C6)cc4)nc(-c4ccc(C56CC7CC(CC(C7)C5)C6)cc4)n3)ccc12. The van der Waals surface area contributed by atoms with Gasteiger partial charge in [0.15, 0.2) is 17.5 Å². The summed E-state index contributed by atoms with van der Waals surface area (Å²) in [5.41, 5.74) is 7.60. The molecule has 0 unspecified atom stereocenters. The lowest BCUT2D eigenvalue weighted by molar-refractivity contribution is -0.00530. The normalized spacial score (nSPS) is 32.1. The average Bonchev–Trinajstić information content (AvgIpc) is 3.54. The molecule has 8 aliphatic rings. The van der Waals surface area contributed by atoms with Gasteiger partial charge < -0.3 is 0 Å². The third-order valence-corrected chi connectivity index (χ3v) is 16.2. The highest BCUT2D eigenvalue weighted by Crippen LogP contribution is 2.62. The summed E-state index contributed by atoms with van der Waals surface area (Å²) in [5, 5.41) is 11.9. The van der Waals surface area contributed by atoms with Gasteiger partial charge in [-0.3, -0.25) is 0 Å². The van der Waals surface area contributed by atoms with Crippen LogP contribution in [-0.4, -0.2) is 15.0 Å². The lowest BCUT2D eigenvalue weighted by Crippen LogP contribution is -2.48. The number of benzene rings is 4. The van der Waals surface area contributed by atoms with Crippen molar-refractivity contribution in [2.75, 3.05) is 0 Å². The highest BCUT2D eigenvalue weighted by Gasteiger charge is 2.52. The summed E-state index contributed by atoms with van der Waals surface area (Å²) < 4.78 is 2.31. The van der Waals surface area contributed by atoms with Crippen molar-refractivity contribution in [2.24, 2.45) is 35.5 Å². The fraction of sp³-hybridized carbons (Fsp3) is 0.417. The fourth-order valence-corrected chi connectivity index (χ4v) is 14.8. The van der Waals surface area contributed by atoms with Gasteiger partial charge >= 0.3 is 0 Å². The third kappa shape index (κ3) is 4.94. The summed E-state index contributed by atoms with van der Waals surface area (Å²) in [6.45, 7) is 0. The average molecular weight is 709 g/mol. The molecule has 8 bridgehead atoms. The second-order valence-corrected chi connectivity index (χ2v) is 19.6. The van der Waals surface area contributed by atoms with E-state index in [0.29, 0.717) is 22.2 Å². The Morgan fingerprint density at radius 1 is 0.472 bits per heavy atom. The van der Waals surface area contributed by atoms with Crippen molar-refractivity contribution in [1.29, 1.82) is 5.26 Å². The number of hydrogen-bond acceptors (Lipinski definition) is 5. The van der Waals surface area contributed by atoms with Gasteiger partial charge in [0.1, 0.15) is 0 Å². The van der Waals surface area contributed by atoms with Crippen molar-refractivity contribution in [3.63, 3.8) is 0 Å². The van der Waals surface area contributed by atoms with E-state index in [2.05, 4.69) is 78.9 Å². The third-order valence-electron chi connectivity index (χ3n) is 15.1. The molecule has 8 fully saturated rings. The minimum Gasteiger partial charge on any atom is -0.208 e. The van der Waals surface area contributed by atoms with E-state index in [1.807, 2.05) is 12.1 Å². The minimum absolute atomic E-state index is 0.370. The molecule has 0 amide bonds. The van der Waals surface area contributed by atoms with Crippen molar-refractivity contribution in [3.05, 3.63) is 102 Å². The molecule has 0 radical (unpaired) electrons. The van der Waals surface area contributed by atoms with Gasteiger partial charge in [-0.05, 0) is 153 Å². The van der Waals surface area contributed by atoms with Crippen LogP contribution in [0.5, 0.6) is 0 Å². The molecule has 53 heavy (non-hydrogen) atoms. The molecule has 0 spiro atoms. The van der Waals surface area contributed by atoms with E-state index in [0.717, 1.165) is 68.5 Å². The lowest BCUT2D eigenvalue weighted by Gasteiger charge is -2.57. The number of nitriles is 1. The van der Waals surface area contributed by atoms with E-state index in [1.165, 1.54) is 104 Å². The van der Waals surface area contributed by atoms with Crippen LogP contribution in [0.25, 0.3) is 54.3 Å². The Morgan fingerprint density at radius 2 is 0.849 bits per heavy atom. The number of hydrogen-bond donors (Lipinski definition) is 0. The largest absolute Gasteiger partial charge is 0.208 e. The summed E-state index contributed by atoms with van der Waals surface area (Å²) in [7, 11) is 0. The second-order valence-electron chi connectivity index (χ2n) is 18.5. The van der Waals surface area contributed by atoms with E-state index in [9.17, 15) is 5.26 Å². The Labute approximate surface area is 315 Å². The first-order valence-electron chi connectivity index (χ1n) is 20.3. The van der Waals surface area contributed by atoms with Crippen LogP contribution in [0.3, 0.4) is 0 Å². The topological polar surface area (TPSA) is 62.5 Å². The maximum atomic E-state index is 9.50. The molecular formula is C48H44N4S. The highest BCUT2D eigenvalue weighted by atomic mass is 32.1. The molecule has 2 heterocycles. The van der Waals surface area contributed by atoms with Gasteiger partial charge in [0.2, 0.25) is 0 Å². The zero-order valence-corrected chi connectivity index (χ0v) is 31.0. The zero-order valence-electron chi connectivity index (χ0n) is 30.2. The van der Waals surface area contributed by atoms with Crippen LogP contribution in [0.1, 0.15) is 93.7 Å². The van der Waals surface area contributed by atoms with Gasteiger partial charge in [0.05, 0.1) is 11.6 Å². The Bertz CT molecular complexity index is 2310. The molecule has 262 valence electrons. The number of aromatic nitrogens is 3. The van der Waals surface area contributed by atoms with Crippen molar-refractivity contribution >= 4 is 31.5 Å². The maximum absolute atomic E-state index is 9.50. The Hall–Kier alpha value is -4.40. The van der Waals surface area contributed by atoms with E-state index in [-0.39, 0.29) is 0 Å². The van der Waals surface area contributed by atoms with E-state index >= 15 is 0 Å². The minimum atomic E-state index is 0.370. The van der Waals surface area contributed by atoms with Crippen LogP contribution in [0.2, 0.25) is 0 Å². The first-order valence-corrected chi connectivity index (χ1v) is 21.1. The lowest BCUT2D eigenvalue weighted by atomic mass is 9.48. The number of thiophene rings is 1.